The normalized spacial score (nSPS) is 24.1. The molecule has 0 unspecified atom stereocenters. The van der Waals surface area contributed by atoms with E-state index >= 15 is 0 Å². The first kappa shape index (κ1) is 11.5. The SMILES string of the molecule is c1csc(N2CCC(C3CCNCC3)CC2)n1. The number of nitrogens with zero attached hydrogens (tertiary/aromatic N) is 2. The Morgan fingerprint density at radius 2 is 1.82 bits per heavy atom. The maximum absolute atomic E-state index is 4.41. The summed E-state index contributed by atoms with van der Waals surface area (Å²) in [4.78, 5) is 6.87. The maximum Gasteiger partial charge on any atom is 0.185 e. The number of hydrogen-bond donors (Lipinski definition) is 1. The fourth-order valence-corrected chi connectivity index (χ4v) is 3.95. The summed E-state index contributed by atoms with van der Waals surface area (Å²) in [7, 11) is 0. The van der Waals surface area contributed by atoms with Gasteiger partial charge < -0.3 is 10.2 Å². The van der Waals surface area contributed by atoms with Gasteiger partial charge in [-0.2, -0.15) is 0 Å². The zero-order chi connectivity index (χ0) is 11.5. The van der Waals surface area contributed by atoms with Crippen LogP contribution in [-0.4, -0.2) is 31.2 Å². The van der Waals surface area contributed by atoms with Crippen molar-refractivity contribution >= 4 is 16.5 Å². The highest BCUT2D eigenvalue weighted by Crippen LogP contribution is 2.32. The summed E-state index contributed by atoms with van der Waals surface area (Å²) in [5, 5.41) is 6.76. The second kappa shape index (κ2) is 5.36. The molecule has 3 rings (SSSR count). The van der Waals surface area contributed by atoms with Crippen LogP contribution in [0.2, 0.25) is 0 Å². The van der Waals surface area contributed by atoms with E-state index in [2.05, 4.69) is 20.6 Å². The minimum atomic E-state index is 0.966. The van der Waals surface area contributed by atoms with Crippen molar-refractivity contribution in [1.82, 2.24) is 10.3 Å². The average molecular weight is 251 g/mol. The minimum Gasteiger partial charge on any atom is -0.348 e. The van der Waals surface area contributed by atoms with Crippen molar-refractivity contribution in [3.63, 3.8) is 0 Å². The Morgan fingerprint density at radius 3 is 2.47 bits per heavy atom. The molecule has 0 saturated carbocycles. The lowest BCUT2D eigenvalue weighted by Crippen LogP contribution is -2.39. The van der Waals surface area contributed by atoms with E-state index in [0.717, 1.165) is 11.8 Å². The molecule has 17 heavy (non-hydrogen) atoms. The smallest absolute Gasteiger partial charge is 0.185 e. The van der Waals surface area contributed by atoms with Gasteiger partial charge in [0.15, 0.2) is 5.13 Å². The lowest BCUT2D eigenvalue weighted by molar-refractivity contribution is 0.222. The van der Waals surface area contributed by atoms with E-state index in [-0.39, 0.29) is 0 Å². The molecule has 1 aromatic rings. The first-order chi connectivity index (χ1) is 8.43. The Kier molecular flexibility index (Phi) is 3.62. The van der Waals surface area contributed by atoms with E-state index in [1.807, 2.05) is 6.20 Å². The van der Waals surface area contributed by atoms with Gasteiger partial charge in [0.25, 0.3) is 0 Å². The monoisotopic (exact) mass is 251 g/mol. The molecule has 2 saturated heterocycles. The highest BCUT2D eigenvalue weighted by molar-refractivity contribution is 7.13. The topological polar surface area (TPSA) is 28.2 Å². The van der Waals surface area contributed by atoms with Crippen LogP contribution >= 0.6 is 11.3 Å². The largest absolute Gasteiger partial charge is 0.348 e. The van der Waals surface area contributed by atoms with E-state index in [1.165, 1.54) is 57.0 Å². The number of nitrogens with one attached hydrogen (secondary N) is 1. The summed E-state index contributed by atoms with van der Waals surface area (Å²) >= 11 is 1.77. The highest BCUT2D eigenvalue weighted by atomic mass is 32.1. The molecule has 0 aromatic carbocycles. The predicted octanol–water partition coefficient (Wildman–Crippen LogP) is 2.36. The van der Waals surface area contributed by atoms with Crippen LogP contribution in [0.1, 0.15) is 25.7 Å². The van der Waals surface area contributed by atoms with Gasteiger partial charge in [-0.1, -0.05) is 0 Å². The van der Waals surface area contributed by atoms with Gasteiger partial charge >= 0.3 is 0 Å². The predicted molar refractivity (Wildman–Crippen MR) is 72.6 cm³/mol. The molecule has 0 radical (unpaired) electrons. The Labute approximate surface area is 107 Å². The van der Waals surface area contributed by atoms with Crippen LogP contribution in [0.15, 0.2) is 11.6 Å². The zero-order valence-corrected chi connectivity index (χ0v) is 11.1. The summed E-state index contributed by atoms with van der Waals surface area (Å²) in [5.41, 5.74) is 0. The average Bonchev–Trinajstić information content (AvgIpc) is 2.94. The molecule has 0 atom stereocenters. The third-order valence-corrected chi connectivity index (χ3v) is 5.11. The van der Waals surface area contributed by atoms with Gasteiger partial charge in [0.05, 0.1) is 0 Å². The third-order valence-electron chi connectivity index (χ3n) is 4.28. The van der Waals surface area contributed by atoms with Gasteiger partial charge in [-0.15, -0.1) is 11.3 Å². The Morgan fingerprint density at radius 1 is 1.12 bits per heavy atom. The molecule has 3 nitrogen and oxygen atoms in total. The number of hydrogen-bond acceptors (Lipinski definition) is 4. The van der Waals surface area contributed by atoms with Crippen LogP contribution in [-0.2, 0) is 0 Å². The Hall–Kier alpha value is -0.610. The molecule has 1 N–H and O–H groups in total. The van der Waals surface area contributed by atoms with Crippen LogP contribution in [0, 0.1) is 11.8 Å². The van der Waals surface area contributed by atoms with Crippen molar-refractivity contribution in [1.29, 1.82) is 0 Å². The van der Waals surface area contributed by atoms with Crippen molar-refractivity contribution in [2.45, 2.75) is 25.7 Å². The van der Waals surface area contributed by atoms with E-state index in [4.69, 9.17) is 0 Å². The summed E-state index contributed by atoms with van der Waals surface area (Å²) < 4.78 is 0. The van der Waals surface area contributed by atoms with Crippen molar-refractivity contribution in [3.05, 3.63) is 11.6 Å². The van der Waals surface area contributed by atoms with Gasteiger partial charge in [-0.3, -0.25) is 0 Å². The molecule has 3 heterocycles. The van der Waals surface area contributed by atoms with Crippen molar-refractivity contribution < 1.29 is 0 Å². The quantitative estimate of drug-likeness (QED) is 0.874. The molecular formula is C13H21N3S. The number of rotatable bonds is 2. The molecule has 0 spiro atoms. The van der Waals surface area contributed by atoms with Crippen molar-refractivity contribution in [2.24, 2.45) is 11.8 Å². The second-order valence-electron chi connectivity index (χ2n) is 5.23. The zero-order valence-electron chi connectivity index (χ0n) is 10.3. The van der Waals surface area contributed by atoms with Crippen LogP contribution in [0.3, 0.4) is 0 Å². The van der Waals surface area contributed by atoms with Gasteiger partial charge in [0, 0.05) is 24.7 Å². The third kappa shape index (κ3) is 2.63. The molecule has 0 aliphatic carbocycles. The van der Waals surface area contributed by atoms with Crippen LogP contribution in [0.4, 0.5) is 5.13 Å². The first-order valence-corrected chi connectivity index (χ1v) is 7.66. The van der Waals surface area contributed by atoms with Gasteiger partial charge in [0.2, 0.25) is 0 Å². The summed E-state index contributed by atoms with van der Waals surface area (Å²) in [5.74, 6) is 1.95. The molecule has 94 valence electrons. The molecule has 2 aliphatic rings. The number of aromatic nitrogens is 1. The fourth-order valence-electron chi connectivity index (χ4n) is 3.25. The molecule has 1 aromatic heterocycles. The molecule has 0 bridgehead atoms. The summed E-state index contributed by atoms with van der Waals surface area (Å²) in [6.07, 6.45) is 7.43. The van der Waals surface area contributed by atoms with Crippen molar-refractivity contribution in [2.75, 3.05) is 31.1 Å². The lowest BCUT2D eigenvalue weighted by Gasteiger charge is -2.37. The number of anilines is 1. The molecule has 0 amide bonds. The van der Waals surface area contributed by atoms with Gasteiger partial charge in [0.1, 0.15) is 0 Å². The first-order valence-electron chi connectivity index (χ1n) is 6.78. The fraction of sp³-hybridized carbons (Fsp3) is 0.769. The standard InChI is InChI=1S/C13H21N3S/c1-5-14-6-2-11(1)12-3-8-16(9-4-12)13-15-7-10-17-13/h7,10-12,14H,1-6,8-9H2. The van der Waals surface area contributed by atoms with E-state index in [0.29, 0.717) is 0 Å². The van der Waals surface area contributed by atoms with Gasteiger partial charge in [-0.25, -0.2) is 4.98 Å². The van der Waals surface area contributed by atoms with E-state index in [1.54, 1.807) is 11.3 Å². The van der Waals surface area contributed by atoms with Crippen LogP contribution < -0.4 is 10.2 Å². The Bertz CT molecular complexity index is 324. The number of thiazole rings is 1. The van der Waals surface area contributed by atoms with Gasteiger partial charge in [-0.05, 0) is 50.6 Å². The number of piperidine rings is 2. The molecule has 2 aliphatic heterocycles. The summed E-state index contributed by atoms with van der Waals surface area (Å²) in [6, 6.07) is 0. The molecular weight excluding hydrogens is 230 g/mol. The van der Waals surface area contributed by atoms with E-state index in [9.17, 15) is 0 Å². The maximum atomic E-state index is 4.41. The van der Waals surface area contributed by atoms with Crippen LogP contribution in [0.5, 0.6) is 0 Å². The highest BCUT2D eigenvalue weighted by Gasteiger charge is 2.28. The molecule has 4 heteroatoms. The molecule has 2 fully saturated rings. The summed E-state index contributed by atoms with van der Waals surface area (Å²) in [6.45, 7) is 4.89. The second-order valence-corrected chi connectivity index (χ2v) is 6.10. The van der Waals surface area contributed by atoms with Crippen molar-refractivity contribution in [3.8, 4) is 0 Å². The van der Waals surface area contributed by atoms with Crippen LogP contribution in [0.25, 0.3) is 0 Å². The minimum absolute atomic E-state index is 0.966. The lowest BCUT2D eigenvalue weighted by atomic mass is 9.79. The van der Waals surface area contributed by atoms with E-state index < -0.39 is 0 Å². The Balaban J connectivity index is 1.53.